The number of amides is 2. The van der Waals surface area contributed by atoms with E-state index in [9.17, 15) is 9.90 Å². The standard InChI is InChI=1S/C28H33N3O2/c1-22(2)31-28(18-23-12-6-3-7-13-23,19-24-14-8-4-9-15-24)26(32)20-29-27(33)30(31)21-25-16-10-5-11-17-25/h3-17,22,26,32H,18-21H2,1-2H3,(H,29,33). The average Bonchev–Trinajstić information content (AvgIpc) is 2.92. The molecule has 0 saturated carbocycles. The molecule has 0 bridgehead atoms. The summed E-state index contributed by atoms with van der Waals surface area (Å²) in [6.45, 7) is 4.82. The number of nitrogens with one attached hydrogen (secondary N) is 1. The summed E-state index contributed by atoms with van der Waals surface area (Å²) >= 11 is 0. The predicted molar refractivity (Wildman–Crippen MR) is 131 cm³/mol. The summed E-state index contributed by atoms with van der Waals surface area (Å²) in [5.74, 6) is 0. The number of aliphatic hydroxyl groups excluding tert-OH is 1. The van der Waals surface area contributed by atoms with Crippen molar-refractivity contribution in [1.82, 2.24) is 15.3 Å². The van der Waals surface area contributed by atoms with Crippen LogP contribution in [0.25, 0.3) is 0 Å². The molecular weight excluding hydrogens is 410 g/mol. The maximum Gasteiger partial charge on any atom is 0.332 e. The highest BCUT2D eigenvalue weighted by Gasteiger charge is 2.50. The maximum absolute atomic E-state index is 13.3. The van der Waals surface area contributed by atoms with Gasteiger partial charge in [0.1, 0.15) is 0 Å². The number of rotatable bonds is 7. The van der Waals surface area contributed by atoms with Gasteiger partial charge in [-0.3, -0.25) is 5.01 Å². The summed E-state index contributed by atoms with van der Waals surface area (Å²) in [6, 6.07) is 30.3. The number of nitrogens with zero attached hydrogens (tertiary/aromatic N) is 2. The Bertz CT molecular complexity index is 983. The summed E-state index contributed by atoms with van der Waals surface area (Å²) in [7, 11) is 0. The SMILES string of the molecule is CC(C)N1N(Cc2ccccc2)C(=O)NCC(O)C1(Cc1ccccc1)Cc1ccccc1. The summed E-state index contributed by atoms with van der Waals surface area (Å²) in [5.41, 5.74) is 2.59. The third kappa shape index (κ3) is 5.10. The Kier molecular flexibility index (Phi) is 7.11. The maximum atomic E-state index is 13.3. The monoisotopic (exact) mass is 443 g/mol. The number of β-amino-alcohol motifs (C(OH)–C–C–N with tert-alkyl or cyclic N) is 1. The van der Waals surface area contributed by atoms with E-state index in [2.05, 4.69) is 48.4 Å². The van der Waals surface area contributed by atoms with Gasteiger partial charge in [-0.05, 0) is 43.4 Å². The van der Waals surface area contributed by atoms with Gasteiger partial charge in [-0.15, -0.1) is 0 Å². The fourth-order valence-electron chi connectivity index (χ4n) is 5.01. The molecule has 172 valence electrons. The van der Waals surface area contributed by atoms with Gasteiger partial charge in [0.2, 0.25) is 0 Å². The number of hydrogen-bond acceptors (Lipinski definition) is 3. The van der Waals surface area contributed by atoms with Crippen LogP contribution in [-0.4, -0.2) is 45.4 Å². The fraction of sp³-hybridized carbons (Fsp3) is 0.321. The number of benzene rings is 3. The largest absolute Gasteiger partial charge is 0.389 e. The van der Waals surface area contributed by atoms with Gasteiger partial charge in [0.25, 0.3) is 0 Å². The lowest BCUT2D eigenvalue weighted by Gasteiger charge is -2.51. The van der Waals surface area contributed by atoms with Crippen LogP contribution in [0.15, 0.2) is 91.0 Å². The Balaban J connectivity index is 1.84. The first-order valence-corrected chi connectivity index (χ1v) is 11.6. The smallest absolute Gasteiger partial charge is 0.332 e. The van der Waals surface area contributed by atoms with Gasteiger partial charge in [0, 0.05) is 12.6 Å². The molecule has 0 spiro atoms. The molecule has 4 rings (SSSR count). The minimum Gasteiger partial charge on any atom is -0.389 e. The van der Waals surface area contributed by atoms with Crippen molar-refractivity contribution in [1.29, 1.82) is 0 Å². The molecule has 1 fully saturated rings. The van der Waals surface area contributed by atoms with Crippen molar-refractivity contribution in [3.05, 3.63) is 108 Å². The van der Waals surface area contributed by atoms with Gasteiger partial charge in [-0.2, -0.15) is 0 Å². The van der Waals surface area contributed by atoms with E-state index in [4.69, 9.17) is 0 Å². The molecule has 2 N–H and O–H groups in total. The molecule has 1 aliphatic heterocycles. The van der Waals surface area contributed by atoms with Crippen LogP contribution in [0.4, 0.5) is 4.79 Å². The lowest BCUT2D eigenvalue weighted by Crippen LogP contribution is -2.66. The number of carbonyl (C=O) groups is 1. The van der Waals surface area contributed by atoms with E-state index < -0.39 is 11.6 Å². The second-order valence-electron chi connectivity index (χ2n) is 9.11. The quantitative estimate of drug-likeness (QED) is 0.568. The van der Waals surface area contributed by atoms with Crippen LogP contribution < -0.4 is 5.32 Å². The first-order valence-electron chi connectivity index (χ1n) is 11.6. The number of urea groups is 1. The zero-order valence-electron chi connectivity index (χ0n) is 19.4. The third-order valence-corrected chi connectivity index (χ3v) is 6.39. The van der Waals surface area contributed by atoms with E-state index >= 15 is 0 Å². The Morgan fingerprint density at radius 1 is 0.848 bits per heavy atom. The van der Waals surface area contributed by atoms with Crippen molar-refractivity contribution < 1.29 is 9.90 Å². The van der Waals surface area contributed by atoms with E-state index in [1.807, 2.05) is 66.7 Å². The first-order chi connectivity index (χ1) is 16.0. The molecule has 5 heteroatoms. The van der Waals surface area contributed by atoms with Gasteiger partial charge in [0.15, 0.2) is 0 Å². The van der Waals surface area contributed by atoms with Crippen LogP contribution in [0.2, 0.25) is 0 Å². The summed E-state index contributed by atoms with van der Waals surface area (Å²) in [6.07, 6.45) is 0.468. The average molecular weight is 444 g/mol. The fourth-order valence-corrected chi connectivity index (χ4v) is 5.01. The molecule has 0 aliphatic carbocycles. The van der Waals surface area contributed by atoms with E-state index in [1.54, 1.807) is 5.01 Å². The molecular formula is C28H33N3O2. The minimum atomic E-state index is -0.759. The molecule has 3 aromatic rings. The Hall–Kier alpha value is -3.15. The molecule has 1 atom stereocenters. The number of hydrogen-bond donors (Lipinski definition) is 2. The molecule has 33 heavy (non-hydrogen) atoms. The number of aliphatic hydroxyl groups is 1. The lowest BCUT2D eigenvalue weighted by molar-refractivity contribution is -0.140. The molecule has 1 aliphatic rings. The van der Waals surface area contributed by atoms with Crippen molar-refractivity contribution in [2.45, 2.75) is 50.9 Å². The third-order valence-electron chi connectivity index (χ3n) is 6.39. The van der Waals surface area contributed by atoms with Crippen LogP contribution >= 0.6 is 0 Å². The van der Waals surface area contributed by atoms with Gasteiger partial charge >= 0.3 is 6.03 Å². The van der Waals surface area contributed by atoms with Crippen molar-refractivity contribution in [2.24, 2.45) is 0 Å². The number of carbonyl (C=O) groups excluding carboxylic acids is 1. The normalized spacial score (nSPS) is 18.7. The zero-order valence-corrected chi connectivity index (χ0v) is 19.4. The van der Waals surface area contributed by atoms with Crippen molar-refractivity contribution in [2.75, 3.05) is 6.54 Å². The second-order valence-corrected chi connectivity index (χ2v) is 9.11. The highest BCUT2D eigenvalue weighted by molar-refractivity contribution is 5.74. The number of hydrazine groups is 1. The van der Waals surface area contributed by atoms with E-state index in [-0.39, 0.29) is 18.6 Å². The van der Waals surface area contributed by atoms with E-state index in [1.165, 1.54) is 0 Å². The topological polar surface area (TPSA) is 55.8 Å². The van der Waals surface area contributed by atoms with Crippen molar-refractivity contribution in [3.63, 3.8) is 0 Å². The molecule has 0 aromatic heterocycles. The van der Waals surface area contributed by atoms with Crippen molar-refractivity contribution >= 4 is 6.03 Å². The molecule has 2 amide bonds. The Morgan fingerprint density at radius 2 is 1.30 bits per heavy atom. The molecule has 1 heterocycles. The molecule has 0 radical (unpaired) electrons. The highest BCUT2D eigenvalue weighted by Crippen LogP contribution is 2.35. The van der Waals surface area contributed by atoms with Gasteiger partial charge in [-0.25, -0.2) is 9.80 Å². The Morgan fingerprint density at radius 3 is 1.76 bits per heavy atom. The van der Waals surface area contributed by atoms with E-state index in [0.717, 1.165) is 16.7 Å². The van der Waals surface area contributed by atoms with Gasteiger partial charge in [0.05, 0.1) is 18.2 Å². The molecule has 5 nitrogen and oxygen atoms in total. The zero-order chi connectivity index (χ0) is 23.3. The molecule has 1 unspecified atom stereocenters. The highest BCUT2D eigenvalue weighted by atomic mass is 16.3. The van der Waals surface area contributed by atoms with Crippen LogP contribution in [0.5, 0.6) is 0 Å². The minimum absolute atomic E-state index is 0.0142. The van der Waals surface area contributed by atoms with Crippen LogP contribution in [-0.2, 0) is 19.4 Å². The summed E-state index contributed by atoms with van der Waals surface area (Å²) in [4.78, 5) is 13.3. The van der Waals surface area contributed by atoms with Gasteiger partial charge in [-0.1, -0.05) is 91.0 Å². The second kappa shape index (κ2) is 10.2. The van der Waals surface area contributed by atoms with Crippen molar-refractivity contribution in [3.8, 4) is 0 Å². The molecule has 3 aromatic carbocycles. The first kappa shape index (κ1) is 23.0. The van der Waals surface area contributed by atoms with Crippen LogP contribution in [0.3, 0.4) is 0 Å². The van der Waals surface area contributed by atoms with Gasteiger partial charge < -0.3 is 10.4 Å². The Labute approximate surface area is 196 Å². The molecule has 1 saturated heterocycles. The van der Waals surface area contributed by atoms with E-state index in [0.29, 0.717) is 19.4 Å². The predicted octanol–water partition coefficient (Wildman–Crippen LogP) is 4.42. The summed E-state index contributed by atoms with van der Waals surface area (Å²) < 4.78 is 0. The lowest BCUT2D eigenvalue weighted by atomic mass is 9.78. The van der Waals surface area contributed by atoms with Crippen LogP contribution in [0.1, 0.15) is 30.5 Å². The van der Waals surface area contributed by atoms with Crippen LogP contribution in [0, 0.1) is 0 Å². The summed E-state index contributed by atoms with van der Waals surface area (Å²) in [5, 5.41) is 18.6.